The molecule has 0 bridgehead atoms. The molecule has 0 radical (unpaired) electrons. The van der Waals surface area contributed by atoms with Crippen LogP contribution in [0.3, 0.4) is 0 Å². The molecule has 0 aromatic heterocycles. The van der Waals surface area contributed by atoms with Crippen LogP contribution in [0.15, 0.2) is 24.3 Å². The molecule has 122 valence electrons. The highest BCUT2D eigenvalue weighted by Gasteiger charge is 2.32. The van der Waals surface area contributed by atoms with Crippen molar-refractivity contribution >= 4 is 11.8 Å². The van der Waals surface area contributed by atoms with E-state index in [1.54, 1.807) is 31.4 Å². The highest BCUT2D eigenvalue weighted by molar-refractivity contribution is 5.64. The largest absolute Gasteiger partial charge is 0.758 e. The Labute approximate surface area is 130 Å². The van der Waals surface area contributed by atoms with E-state index in [4.69, 9.17) is 14.2 Å². The summed E-state index contributed by atoms with van der Waals surface area (Å²) in [5, 5.41) is 11.8. The van der Waals surface area contributed by atoms with Gasteiger partial charge in [-0.15, -0.1) is 0 Å². The first-order valence-corrected chi connectivity index (χ1v) is 7.41. The number of benzene rings is 1. The molecule has 1 saturated carbocycles. The Hall–Kier alpha value is -1.79. The highest BCUT2D eigenvalue weighted by atomic mass is 16.7. The third-order valence-corrected chi connectivity index (χ3v) is 3.95. The molecule has 3 atom stereocenters. The molecule has 6 nitrogen and oxygen atoms in total. The van der Waals surface area contributed by atoms with Gasteiger partial charge in [0.1, 0.15) is 11.9 Å². The molecule has 0 aliphatic heterocycles. The van der Waals surface area contributed by atoms with Crippen LogP contribution in [0.5, 0.6) is 5.75 Å². The zero-order valence-electron chi connectivity index (χ0n) is 13.2. The minimum absolute atomic E-state index is 0.0900. The topological polar surface area (TPSA) is 71.1 Å². The van der Waals surface area contributed by atoms with Crippen molar-refractivity contribution in [3.63, 3.8) is 0 Å². The van der Waals surface area contributed by atoms with Gasteiger partial charge in [0, 0.05) is 12.8 Å². The number of anilines is 1. The van der Waals surface area contributed by atoms with E-state index in [0.717, 1.165) is 24.3 Å². The van der Waals surface area contributed by atoms with Crippen molar-refractivity contribution < 1.29 is 19.0 Å². The van der Waals surface area contributed by atoms with Crippen LogP contribution in [0.2, 0.25) is 0 Å². The molecule has 0 saturated heterocycles. The molecule has 1 fully saturated rings. The van der Waals surface area contributed by atoms with E-state index in [0.29, 0.717) is 17.4 Å². The first-order chi connectivity index (χ1) is 10.5. The van der Waals surface area contributed by atoms with Crippen LogP contribution in [0.25, 0.3) is 0 Å². The number of hydroxylamine groups is 1. The lowest BCUT2D eigenvalue weighted by Gasteiger charge is -2.32. The predicted octanol–water partition coefficient (Wildman–Crippen LogP) is 3.34. The second kappa shape index (κ2) is 7.47. The molecule has 1 aliphatic rings. The number of carbonyl (C=O) groups excluding carboxylic acids is 1. The number of methoxy groups -OCH3 is 1. The van der Waals surface area contributed by atoms with Gasteiger partial charge in [-0.25, -0.2) is 4.79 Å². The summed E-state index contributed by atoms with van der Waals surface area (Å²) in [5.41, 5.74) is 0.487. The maximum absolute atomic E-state index is 11.9. The highest BCUT2D eigenvalue weighted by Crippen LogP contribution is 2.28. The fraction of sp³-hybridized carbons (Fsp3) is 0.562. The first kappa shape index (κ1) is 16.6. The fourth-order valence-corrected chi connectivity index (χ4v) is 2.65. The van der Waals surface area contributed by atoms with Crippen molar-refractivity contribution in [2.45, 2.75) is 38.4 Å². The average molecular weight is 308 g/mol. The summed E-state index contributed by atoms with van der Waals surface area (Å²) in [5.74, 6) is 0.909. The molecule has 0 heterocycles. The molecular formula is C16H22NO5-. The maximum atomic E-state index is 11.9. The molecule has 0 spiro atoms. The number of carbonyl (C=O) groups is 1. The van der Waals surface area contributed by atoms with Crippen molar-refractivity contribution in [1.82, 2.24) is 0 Å². The van der Waals surface area contributed by atoms with Crippen molar-refractivity contribution in [3.8, 4) is 5.75 Å². The van der Waals surface area contributed by atoms with Gasteiger partial charge >= 0.3 is 6.16 Å². The van der Waals surface area contributed by atoms with Crippen LogP contribution in [0.1, 0.15) is 26.2 Å². The van der Waals surface area contributed by atoms with Gasteiger partial charge in [0.2, 0.25) is 0 Å². The number of hydrogen-bond donors (Lipinski definition) is 0. The van der Waals surface area contributed by atoms with Crippen LogP contribution in [0, 0.1) is 11.1 Å². The van der Waals surface area contributed by atoms with Crippen LogP contribution in [0.4, 0.5) is 10.5 Å². The Morgan fingerprint density at radius 2 is 1.91 bits per heavy atom. The van der Waals surface area contributed by atoms with E-state index >= 15 is 0 Å². The second-order valence-corrected chi connectivity index (χ2v) is 5.69. The third-order valence-electron chi connectivity index (χ3n) is 3.95. The van der Waals surface area contributed by atoms with Crippen LogP contribution >= 0.6 is 0 Å². The van der Waals surface area contributed by atoms with Crippen molar-refractivity contribution in [3.05, 3.63) is 29.5 Å². The van der Waals surface area contributed by atoms with Gasteiger partial charge in [-0.05, 0) is 56.5 Å². The molecule has 0 amide bonds. The van der Waals surface area contributed by atoms with E-state index in [1.807, 2.05) is 0 Å². The van der Waals surface area contributed by atoms with E-state index in [2.05, 4.69) is 6.92 Å². The Morgan fingerprint density at radius 3 is 2.50 bits per heavy atom. The lowest BCUT2D eigenvalue weighted by atomic mass is 9.86. The van der Waals surface area contributed by atoms with E-state index in [1.165, 1.54) is 7.05 Å². The second-order valence-electron chi connectivity index (χ2n) is 5.69. The van der Waals surface area contributed by atoms with Gasteiger partial charge in [0.05, 0.1) is 6.10 Å². The zero-order chi connectivity index (χ0) is 16.1. The van der Waals surface area contributed by atoms with Crippen LogP contribution in [-0.4, -0.2) is 32.5 Å². The van der Waals surface area contributed by atoms with Gasteiger partial charge in [0.15, 0.2) is 0 Å². The van der Waals surface area contributed by atoms with Gasteiger partial charge < -0.3 is 24.5 Å². The lowest BCUT2D eigenvalue weighted by Crippen LogP contribution is -2.38. The van der Waals surface area contributed by atoms with Crippen LogP contribution < -0.4 is 9.80 Å². The molecule has 22 heavy (non-hydrogen) atoms. The Bertz CT molecular complexity index is 488. The summed E-state index contributed by atoms with van der Waals surface area (Å²) in [6.07, 6.45) is 1.54. The summed E-state index contributed by atoms with van der Waals surface area (Å²) in [6.45, 7) is 2.16. The quantitative estimate of drug-likeness (QED) is 0.482. The van der Waals surface area contributed by atoms with Crippen molar-refractivity contribution in [2.24, 2.45) is 5.92 Å². The summed E-state index contributed by atoms with van der Waals surface area (Å²) < 4.78 is 15.9. The molecule has 1 aromatic rings. The zero-order valence-corrected chi connectivity index (χ0v) is 13.2. The number of rotatable bonds is 4. The third kappa shape index (κ3) is 4.35. The Balaban J connectivity index is 1.89. The summed E-state index contributed by atoms with van der Waals surface area (Å²) in [4.78, 5) is 11.9. The minimum Gasteiger partial charge on any atom is -0.758 e. The van der Waals surface area contributed by atoms with Crippen molar-refractivity contribution in [1.29, 1.82) is 0 Å². The molecular weight excluding hydrogens is 286 g/mol. The van der Waals surface area contributed by atoms with Gasteiger partial charge in [-0.2, -0.15) is 0 Å². The first-order valence-electron chi connectivity index (χ1n) is 7.41. The van der Waals surface area contributed by atoms with E-state index < -0.39 is 6.16 Å². The molecule has 0 N–H and O–H groups in total. The van der Waals surface area contributed by atoms with Gasteiger partial charge in [-0.3, -0.25) is 0 Å². The molecule has 1 aromatic carbocycles. The Kier molecular flexibility index (Phi) is 5.63. The molecule has 2 rings (SSSR count). The van der Waals surface area contributed by atoms with Gasteiger partial charge in [0.25, 0.3) is 0 Å². The monoisotopic (exact) mass is 308 g/mol. The minimum atomic E-state index is -0.746. The summed E-state index contributed by atoms with van der Waals surface area (Å²) in [6, 6.07) is 6.27. The number of ether oxygens (including phenoxy) is 3. The van der Waals surface area contributed by atoms with E-state index in [-0.39, 0.29) is 12.2 Å². The lowest BCUT2D eigenvalue weighted by molar-refractivity contribution is -0.0650. The SMILES string of the molecule is CO[C@@H]1C[C@H](C)CC[C@H]1OC(=O)Oc1ccc(N(C)[O-])cc1. The average Bonchev–Trinajstić information content (AvgIpc) is 2.49. The Morgan fingerprint density at radius 1 is 1.23 bits per heavy atom. The van der Waals surface area contributed by atoms with Crippen molar-refractivity contribution in [2.75, 3.05) is 19.2 Å². The fourth-order valence-electron chi connectivity index (χ4n) is 2.65. The standard InChI is InChI=1S/C16H22NO5/c1-11-4-9-14(15(10-11)20-3)22-16(18)21-13-7-5-12(6-8-13)17(2)19/h5-8,11,14-15H,4,9-10H2,1-3H3/q-1/t11-,14-,15-/m1/s1. The summed E-state index contributed by atoms with van der Waals surface area (Å²) in [7, 11) is 3.03. The predicted molar refractivity (Wildman–Crippen MR) is 82.9 cm³/mol. The number of nitrogens with zero attached hydrogens (tertiary/aromatic N) is 1. The maximum Gasteiger partial charge on any atom is 0.514 e. The molecule has 0 unspecified atom stereocenters. The van der Waals surface area contributed by atoms with Crippen LogP contribution in [-0.2, 0) is 9.47 Å². The number of hydrogen-bond acceptors (Lipinski definition) is 6. The molecule has 6 heteroatoms. The molecule has 1 aliphatic carbocycles. The van der Waals surface area contributed by atoms with E-state index in [9.17, 15) is 10.0 Å². The summed E-state index contributed by atoms with van der Waals surface area (Å²) >= 11 is 0. The smallest absolute Gasteiger partial charge is 0.514 e. The normalized spacial score (nSPS) is 24.6. The van der Waals surface area contributed by atoms with Gasteiger partial charge in [-0.1, -0.05) is 6.92 Å².